The van der Waals surface area contributed by atoms with Crippen LogP contribution in [0, 0.1) is 0 Å². The van der Waals surface area contributed by atoms with Crippen LogP contribution in [0.25, 0.3) is 0 Å². The number of likely N-dealkylation sites (tertiary alicyclic amines) is 1. The molecule has 84 valence electrons. The lowest BCUT2D eigenvalue weighted by atomic mass is 10.2. The lowest BCUT2D eigenvalue weighted by molar-refractivity contribution is 0.0637. The zero-order valence-corrected chi connectivity index (χ0v) is 9.20. The fourth-order valence-corrected chi connectivity index (χ4v) is 1.91. The Hall–Kier alpha value is -0.160. The Balaban J connectivity index is 2.03. The topological polar surface area (TPSA) is 44.7 Å². The van der Waals surface area contributed by atoms with Gasteiger partial charge in [0.05, 0.1) is 12.7 Å². The summed E-state index contributed by atoms with van der Waals surface area (Å²) in [6, 6.07) is 0.643. The van der Waals surface area contributed by atoms with E-state index >= 15 is 0 Å². The van der Waals surface area contributed by atoms with Crippen molar-refractivity contribution in [3.05, 3.63) is 0 Å². The zero-order chi connectivity index (χ0) is 10.4. The molecule has 1 aliphatic heterocycles. The van der Waals surface area contributed by atoms with Crippen molar-refractivity contribution in [3.8, 4) is 0 Å². The first kappa shape index (κ1) is 11.9. The van der Waals surface area contributed by atoms with Gasteiger partial charge in [-0.3, -0.25) is 0 Å². The van der Waals surface area contributed by atoms with Crippen LogP contribution in [0.3, 0.4) is 0 Å². The number of hydrogen-bond acceptors (Lipinski definition) is 4. The Bertz CT molecular complexity index is 155. The molecule has 0 aliphatic carbocycles. The van der Waals surface area contributed by atoms with Crippen LogP contribution in [0.2, 0.25) is 0 Å². The zero-order valence-electron chi connectivity index (χ0n) is 9.20. The average Bonchev–Trinajstić information content (AvgIpc) is 2.52. The van der Waals surface area contributed by atoms with Gasteiger partial charge in [-0.1, -0.05) is 0 Å². The molecule has 0 amide bonds. The molecule has 1 saturated heterocycles. The Labute approximate surface area is 86.2 Å². The third-order valence-corrected chi connectivity index (χ3v) is 2.79. The van der Waals surface area contributed by atoms with Gasteiger partial charge in [-0.15, -0.1) is 0 Å². The highest BCUT2D eigenvalue weighted by atomic mass is 16.5. The molecule has 4 nitrogen and oxygen atoms in total. The number of hydrogen-bond donors (Lipinski definition) is 2. The van der Waals surface area contributed by atoms with Crippen LogP contribution in [0.15, 0.2) is 0 Å². The van der Waals surface area contributed by atoms with Crippen molar-refractivity contribution in [1.82, 2.24) is 10.2 Å². The maximum absolute atomic E-state index is 9.39. The van der Waals surface area contributed by atoms with E-state index in [0.717, 1.165) is 6.54 Å². The van der Waals surface area contributed by atoms with Gasteiger partial charge in [-0.2, -0.15) is 0 Å². The second-order valence-corrected chi connectivity index (χ2v) is 4.04. The summed E-state index contributed by atoms with van der Waals surface area (Å²) in [5.41, 5.74) is 0. The lowest BCUT2D eigenvalue weighted by Gasteiger charge is -2.20. The molecular weight excluding hydrogens is 180 g/mol. The van der Waals surface area contributed by atoms with Crippen LogP contribution in [0.5, 0.6) is 0 Å². The number of likely N-dealkylation sites (N-methyl/N-ethyl adjacent to an activating group) is 1. The first-order valence-electron chi connectivity index (χ1n) is 5.32. The lowest BCUT2D eigenvalue weighted by Crippen LogP contribution is -2.39. The van der Waals surface area contributed by atoms with E-state index in [9.17, 15) is 5.11 Å². The first-order valence-corrected chi connectivity index (χ1v) is 5.32. The third-order valence-electron chi connectivity index (χ3n) is 2.79. The molecule has 2 N–H and O–H groups in total. The van der Waals surface area contributed by atoms with E-state index in [2.05, 4.69) is 17.3 Å². The summed E-state index contributed by atoms with van der Waals surface area (Å²) in [7, 11) is 3.76. The van der Waals surface area contributed by atoms with Crippen molar-refractivity contribution in [2.24, 2.45) is 0 Å². The van der Waals surface area contributed by atoms with Gasteiger partial charge in [0, 0.05) is 26.2 Å². The monoisotopic (exact) mass is 202 g/mol. The Morgan fingerprint density at radius 3 is 3.00 bits per heavy atom. The van der Waals surface area contributed by atoms with Crippen molar-refractivity contribution in [1.29, 1.82) is 0 Å². The summed E-state index contributed by atoms with van der Waals surface area (Å²) in [5.74, 6) is 0. The van der Waals surface area contributed by atoms with Crippen LogP contribution in [-0.2, 0) is 4.74 Å². The van der Waals surface area contributed by atoms with Crippen molar-refractivity contribution < 1.29 is 9.84 Å². The fourth-order valence-electron chi connectivity index (χ4n) is 1.91. The molecule has 0 saturated carbocycles. The molecule has 0 aromatic heterocycles. The Morgan fingerprint density at radius 1 is 1.64 bits per heavy atom. The Kier molecular flexibility index (Phi) is 5.40. The quantitative estimate of drug-likeness (QED) is 0.619. The van der Waals surface area contributed by atoms with Gasteiger partial charge in [0.2, 0.25) is 0 Å². The number of aliphatic hydroxyl groups is 1. The van der Waals surface area contributed by atoms with Crippen LogP contribution in [0.1, 0.15) is 12.8 Å². The summed E-state index contributed by atoms with van der Waals surface area (Å²) in [6.45, 7) is 3.20. The maximum atomic E-state index is 9.39. The van der Waals surface area contributed by atoms with Crippen LogP contribution in [-0.4, -0.2) is 62.6 Å². The average molecular weight is 202 g/mol. The van der Waals surface area contributed by atoms with Crippen molar-refractivity contribution in [2.75, 3.05) is 40.4 Å². The van der Waals surface area contributed by atoms with Crippen LogP contribution < -0.4 is 5.32 Å². The predicted octanol–water partition coefficient (Wildman–Crippen LogP) is -0.322. The smallest absolute Gasteiger partial charge is 0.0897 e. The van der Waals surface area contributed by atoms with E-state index in [1.165, 1.54) is 19.4 Å². The molecular formula is C10H22N2O2. The van der Waals surface area contributed by atoms with E-state index in [1.807, 2.05) is 0 Å². The summed E-state index contributed by atoms with van der Waals surface area (Å²) in [4.78, 5) is 2.37. The normalized spacial score (nSPS) is 25.5. The van der Waals surface area contributed by atoms with Crippen LogP contribution in [0.4, 0.5) is 0 Å². The predicted molar refractivity (Wildman–Crippen MR) is 56.4 cm³/mol. The Morgan fingerprint density at radius 2 is 2.43 bits per heavy atom. The number of nitrogens with one attached hydrogen (secondary N) is 1. The van der Waals surface area contributed by atoms with E-state index in [4.69, 9.17) is 4.74 Å². The molecule has 0 aromatic carbocycles. The van der Waals surface area contributed by atoms with E-state index < -0.39 is 0 Å². The van der Waals surface area contributed by atoms with Gasteiger partial charge in [-0.05, 0) is 26.4 Å². The molecule has 1 aliphatic rings. The van der Waals surface area contributed by atoms with Gasteiger partial charge in [0.15, 0.2) is 0 Å². The minimum atomic E-state index is -0.383. The fraction of sp³-hybridized carbons (Fsp3) is 1.00. The van der Waals surface area contributed by atoms with Gasteiger partial charge in [0.25, 0.3) is 0 Å². The van der Waals surface area contributed by atoms with E-state index in [1.54, 1.807) is 7.11 Å². The van der Waals surface area contributed by atoms with Gasteiger partial charge in [0.1, 0.15) is 0 Å². The number of aliphatic hydroxyl groups excluding tert-OH is 1. The molecule has 0 radical (unpaired) electrons. The van der Waals surface area contributed by atoms with Crippen LogP contribution >= 0.6 is 0 Å². The van der Waals surface area contributed by atoms with Crippen molar-refractivity contribution in [2.45, 2.75) is 25.0 Å². The molecule has 1 rings (SSSR count). The highest BCUT2D eigenvalue weighted by Gasteiger charge is 2.20. The van der Waals surface area contributed by atoms with Crippen molar-refractivity contribution >= 4 is 0 Å². The summed E-state index contributed by atoms with van der Waals surface area (Å²) < 4.78 is 4.85. The largest absolute Gasteiger partial charge is 0.389 e. The molecule has 2 atom stereocenters. The van der Waals surface area contributed by atoms with Gasteiger partial charge in [-0.25, -0.2) is 0 Å². The SMILES string of the molecule is COCC(O)CNCC1CCCN1C. The maximum Gasteiger partial charge on any atom is 0.0897 e. The van der Waals surface area contributed by atoms with E-state index in [-0.39, 0.29) is 6.10 Å². The molecule has 0 bridgehead atoms. The summed E-state index contributed by atoms with van der Waals surface area (Å²) in [6.07, 6.45) is 2.18. The minimum Gasteiger partial charge on any atom is -0.389 e. The minimum absolute atomic E-state index is 0.383. The molecule has 0 spiro atoms. The number of ether oxygens (including phenoxy) is 1. The number of nitrogens with zero attached hydrogens (tertiary/aromatic N) is 1. The first-order chi connectivity index (χ1) is 6.74. The highest BCUT2D eigenvalue weighted by Crippen LogP contribution is 2.13. The standard InChI is InChI=1S/C10H22N2O2/c1-12-5-3-4-9(12)6-11-7-10(13)8-14-2/h9-11,13H,3-8H2,1-2H3. The van der Waals surface area contributed by atoms with Gasteiger partial charge >= 0.3 is 0 Å². The third kappa shape index (κ3) is 3.92. The van der Waals surface area contributed by atoms with Gasteiger partial charge < -0.3 is 20.1 Å². The van der Waals surface area contributed by atoms with E-state index in [0.29, 0.717) is 19.2 Å². The molecule has 4 heteroatoms. The molecule has 1 heterocycles. The van der Waals surface area contributed by atoms with Crippen molar-refractivity contribution in [3.63, 3.8) is 0 Å². The highest BCUT2D eigenvalue weighted by molar-refractivity contribution is 4.78. The molecule has 14 heavy (non-hydrogen) atoms. The molecule has 0 aromatic rings. The summed E-state index contributed by atoms with van der Waals surface area (Å²) >= 11 is 0. The second-order valence-electron chi connectivity index (χ2n) is 4.04. The molecule has 1 fully saturated rings. The summed E-state index contributed by atoms with van der Waals surface area (Å²) in [5, 5.41) is 12.7. The number of methoxy groups -OCH3 is 1. The molecule has 2 unspecified atom stereocenters. The number of rotatable bonds is 6. The second kappa shape index (κ2) is 6.35.